The highest BCUT2D eigenvalue weighted by Gasteiger charge is 2.30. The van der Waals surface area contributed by atoms with Crippen molar-refractivity contribution < 1.29 is 9.59 Å². The molecule has 1 aliphatic rings. The second kappa shape index (κ2) is 5.28. The third kappa shape index (κ3) is 3.82. The van der Waals surface area contributed by atoms with Crippen molar-refractivity contribution in [3.05, 3.63) is 0 Å². The van der Waals surface area contributed by atoms with Crippen LogP contribution in [0.25, 0.3) is 0 Å². The highest BCUT2D eigenvalue weighted by atomic mass is 16.2. The first kappa shape index (κ1) is 13.7. The van der Waals surface area contributed by atoms with E-state index in [9.17, 15) is 9.59 Å². The van der Waals surface area contributed by atoms with E-state index in [0.717, 1.165) is 12.8 Å². The van der Waals surface area contributed by atoms with E-state index >= 15 is 0 Å². The molecule has 0 aromatic rings. The van der Waals surface area contributed by atoms with Crippen molar-refractivity contribution in [1.82, 2.24) is 10.2 Å². The molecule has 0 aromatic heterocycles. The number of carbonyl (C=O) groups excluding carboxylic acids is 2. The topological polar surface area (TPSA) is 73.2 Å². The van der Waals surface area contributed by atoms with E-state index in [1.165, 1.54) is 0 Å². The number of nitrogens with zero attached hydrogens (tertiary/aromatic N) is 2. The molecule has 0 aliphatic carbocycles. The van der Waals surface area contributed by atoms with Gasteiger partial charge in [0.15, 0.2) is 0 Å². The van der Waals surface area contributed by atoms with Gasteiger partial charge in [0.05, 0.1) is 24.1 Å². The summed E-state index contributed by atoms with van der Waals surface area (Å²) in [6, 6.07) is 1.98. The first-order chi connectivity index (χ1) is 7.85. The molecule has 17 heavy (non-hydrogen) atoms. The fourth-order valence-corrected chi connectivity index (χ4v) is 1.82. The molecule has 0 aromatic carbocycles. The van der Waals surface area contributed by atoms with Crippen molar-refractivity contribution in [1.29, 1.82) is 5.26 Å². The molecule has 5 heteroatoms. The van der Waals surface area contributed by atoms with Crippen molar-refractivity contribution >= 4 is 11.8 Å². The maximum atomic E-state index is 11.4. The summed E-state index contributed by atoms with van der Waals surface area (Å²) in [6.45, 7) is 6.51. The maximum Gasteiger partial charge on any atom is 0.243 e. The van der Waals surface area contributed by atoms with Crippen molar-refractivity contribution in [2.24, 2.45) is 5.41 Å². The van der Waals surface area contributed by atoms with Gasteiger partial charge in [-0.15, -0.1) is 0 Å². The Kier molecular flexibility index (Phi) is 4.24. The Morgan fingerprint density at radius 3 is 2.76 bits per heavy atom. The van der Waals surface area contributed by atoms with Gasteiger partial charge in [0.1, 0.15) is 0 Å². The molecule has 0 bridgehead atoms. The average Bonchev–Trinajstić information content (AvgIpc) is 2.24. The Labute approximate surface area is 102 Å². The number of imide groups is 1. The molecular formula is C12H19N3O2. The van der Waals surface area contributed by atoms with Gasteiger partial charge < -0.3 is 0 Å². The Hall–Kier alpha value is -1.41. The summed E-state index contributed by atoms with van der Waals surface area (Å²) < 4.78 is 0. The zero-order valence-corrected chi connectivity index (χ0v) is 10.6. The molecule has 94 valence electrons. The van der Waals surface area contributed by atoms with Crippen LogP contribution in [0.4, 0.5) is 0 Å². The lowest BCUT2D eigenvalue weighted by atomic mass is 9.89. The maximum absolute atomic E-state index is 11.4. The Bertz CT molecular complexity index is 357. The van der Waals surface area contributed by atoms with Gasteiger partial charge in [-0.05, 0) is 40.2 Å². The van der Waals surface area contributed by atoms with E-state index in [1.807, 2.05) is 18.7 Å². The van der Waals surface area contributed by atoms with Gasteiger partial charge in [-0.3, -0.25) is 19.8 Å². The number of piperazine rings is 1. The summed E-state index contributed by atoms with van der Waals surface area (Å²) in [7, 11) is 0. The van der Waals surface area contributed by atoms with E-state index in [1.54, 1.807) is 6.92 Å². The third-order valence-electron chi connectivity index (χ3n) is 3.09. The molecule has 1 atom stereocenters. The number of nitrogens with one attached hydrogen (secondary N) is 1. The summed E-state index contributed by atoms with van der Waals surface area (Å²) in [6.07, 6.45) is 1.58. The van der Waals surface area contributed by atoms with Gasteiger partial charge >= 0.3 is 0 Å². The quantitative estimate of drug-likeness (QED) is 0.729. The molecule has 2 amide bonds. The number of hydrogen-bond donors (Lipinski definition) is 1. The zero-order valence-electron chi connectivity index (χ0n) is 10.6. The van der Waals surface area contributed by atoms with E-state index in [-0.39, 0.29) is 29.8 Å². The van der Waals surface area contributed by atoms with Gasteiger partial charge in [-0.2, -0.15) is 5.26 Å². The predicted molar refractivity (Wildman–Crippen MR) is 62.8 cm³/mol. The largest absolute Gasteiger partial charge is 0.294 e. The summed E-state index contributed by atoms with van der Waals surface area (Å²) >= 11 is 0. The minimum Gasteiger partial charge on any atom is -0.294 e. The zero-order chi connectivity index (χ0) is 13.1. The summed E-state index contributed by atoms with van der Waals surface area (Å²) in [4.78, 5) is 24.5. The average molecular weight is 237 g/mol. The highest BCUT2D eigenvalue weighted by Crippen LogP contribution is 2.21. The lowest BCUT2D eigenvalue weighted by Gasteiger charge is -2.32. The minimum atomic E-state index is -0.342. The van der Waals surface area contributed by atoms with Gasteiger partial charge in [0.2, 0.25) is 11.8 Å². The molecule has 1 N–H and O–H groups in total. The number of carbonyl (C=O) groups is 2. The normalized spacial score (nSPS) is 22.1. The molecule has 1 saturated heterocycles. The van der Waals surface area contributed by atoms with Crippen LogP contribution in [0.15, 0.2) is 0 Å². The van der Waals surface area contributed by atoms with E-state index < -0.39 is 0 Å². The van der Waals surface area contributed by atoms with Crippen molar-refractivity contribution in [3.63, 3.8) is 0 Å². The van der Waals surface area contributed by atoms with Crippen LogP contribution in [-0.2, 0) is 9.59 Å². The van der Waals surface area contributed by atoms with E-state index in [0.29, 0.717) is 6.54 Å². The van der Waals surface area contributed by atoms with Crippen LogP contribution >= 0.6 is 0 Å². The molecule has 1 heterocycles. The molecule has 5 nitrogen and oxygen atoms in total. The molecular weight excluding hydrogens is 218 g/mol. The molecule has 1 unspecified atom stereocenters. The fraction of sp³-hybridized carbons (Fsp3) is 0.750. The fourth-order valence-electron chi connectivity index (χ4n) is 1.82. The number of rotatable bonds is 4. The second-order valence-electron chi connectivity index (χ2n) is 5.16. The lowest BCUT2D eigenvalue weighted by Crippen LogP contribution is -2.56. The van der Waals surface area contributed by atoms with Crippen LogP contribution < -0.4 is 5.32 Å². The SMILES string of the molecule is CC1C(=O)NC(=O)CN1CCCC(C)(C)C#N. The van der Waals surface area contributed by atoms with E-state index in [2.05, 4.69) is 11.4 Å². The summed E-state index contributed by atoms with van der Waals surface area (Å²) in [5.41, 5.74) is -0.342. The van der Waals surface area contributed by atoms with Crippen LogP contribution in [-0.4, -0.2) is 35.8 Å². The van der Waals surface area contributed by atoms with E-state index in [4.69, 9.17) is 5.26 Å². The molecule has 0 saturated carbocycles. The van der Waals surface area contributed by atoms with Gasteiger partial charge in [0, 0.05) is 0 Å². The highest BCUT2D eigenvalue weighted by molar-refractivity contribution is 6.00. The molecule has 1 fully saturated rings. The Balaban J connectivity index is 2.44. The van der Waals surface area contributed by atoms with Crippen molar-refractivity contribution in [3.8, 4) is 6.07 Å². The molecule has 1 aliphatic heterocycles. The molecule has 0 spiro atoms. The first-order valence-corrected chi connectivity index (χ1v) is 5.85. The van der Waals surface area contributed by atoms with Gasteiger partial charge in [0.25, 0.3) is 0 Å². The minimum absolute atomic E-state index is 0.235. The smallest absolute Gasteiger partial charge is 0.243 e. The molecule has 0 radical (unpaired) electrons. The first-order valence-electron chi connectivity index (χ1n) is 5.85. The van der Waals surface area contributed by atoms with Gasteiger partial charge in [-0.25, -0.2) is 0 Å². The lowest BCUT2D eigenvalue weighted by molar-refractivity contribution is -0.139. The van der Waals surface area contributed by atoms with Crippen LogP contribution in [0.5, 0.6) is 0 Å². The van der Waals surface area contributed by atoms with Crippen LogP contribution in [0.3, 0.4) is 0 Å². The Morgan fingerprint density at radius 1 is 1.53 bits per heavy atom. The monoisotopic (exact) mass is 237 g/mol. The number of hydrogen-bond acceptors (Lipinski definition) is 4. The van der Waals surface area contributed by atoms with Crippen LogP contribution in [0, 0.1) is 16.7 Å². The van der Waals surface area contributed by atoms with Crippen molar-refractivity contribution in [2.75, 3.05) is 13.1 Å². The summed E-state index contributed by atoms with van der Waals surface area (Å²) in [5.74, 6) is -0.478. The van der Waals surface area contributed by atoms with Crippen LogP contribution in [0.1, 0.15) is 33.6 Å². The standard InChI is InChI=1S/C12H19N3O2/c1-9-11(17)14-10(16)7-15(9)6-4-5-12(2,3)8-13/h9H,4-7H2,1-3H3,(H,14,16,17). The van der Waals surface area contributed by atoms with Crippen LogP contribution in [0.2, 0.25) is 0 Å². The molecule has 1 rings (SSSR count). The van der Waals surface area contributed by atoms with Crippen molar-refractivity contribution in [2.45, 2.75) is 39.7 Å². The third-order valence-corrected chi connectivity index (χ3v) is 3.09. The Morgan fingerprint density at radius 2 is 2.18 bits per heavy atom. The van der Waals surface area contributed by atoms with Gasteiger partial charge in [-0.1, -0.05) is 0 Å². The second-order valence-corrected chi connectivity index (χ2v) is 5.16. The number of amides is 2. The summed E-state index contributed by atoms with van der Waals surface area (Å²) in [5, 5.41) is 11.2. The number of nitriles is 1. The predicted octanol–water partition coefficient (Wildman–Crippen LogP) is 0.663.